The van der Waals surface area contributed by atoms with E-state index in [0.717, 1.165) is 31.9 Å². The van der Waals surface area contributed by atoms with Gasteiger partial charge in [-0.25, -0.2) is 9.97 Å². The number of nitrogens with zero attached hydrogens (tertiary/aromatic N) is 4. The van der Waals surface area contributed by atoms with E-state index in [1.807, 2.05) is 35.7 Å². The number of nitrogens with one attached hydrogen (secondary N) is 1. The van der Waals surface area contributed by atoms with Gasteiger partial charge >= 0.3 is 0 Å². The van der Waals surface area contributed by atoms with Crippen molar-refractivity contribution in [1.82, 2.24) is 19.6 Å². The lowest BCUT2D eigenvalue weighted by atomic mass is 10.2. The quantitative estimate of drug-likeness (QED) is 0.199. The van der Waals surface area contributed by atoms with Crippen LogP contribution in [-0.2, 0) is 6.61 Å². The summed E-state index contributed by atoms with van der Waals surface area (Å²) in [4.78, 5) is 9.81. The molecule has 0 fully saturated rings. The number of aromatic nitrogens is 4. The molecule has 0 aliphatic carbocycles. The Morgan fingerprint density at radius 2 is 2.03 bits per heavy atom. The predicted octanol–water partition coefficient (Wildman–Crippen LogP) is 7.07. The highest BCUT2D eigenvalue weighted by atomic mass is 79.9. The molecule has 0 amide bonds. The van der Waals surface area contributed by atoms with Crippen LogP contribution in [0.5, 0.6) is 16.7 Å². The molecule has 0 radical (unpaired) electrons. The minimum atomic E-state index is 0.292. The average molecular weight is 599 g/mol. The fraction of sp³-hybridized carbons (Fsp3) is 0.160. The van der Waals surface area contributed by atoms with E-state index in [2.05, 4.69) is 49.3 Å². The maximum atomic E-state index is 6.20. The third-order valence-electron chi connectivity index (χ3n) is 5.66. The molecule has 9 nitrogen and oxygen atoms in total. The van der Waals surface area contributed by atoms with E-state index in [0.29, 0.717) is 45.3 Å². The summed E-state index contributed by atoms with van der Waals surface area (Å²) < 4.78 is 25.8. The van der Waals surface area contributed by atoms with E-state index < -0.39 is 0 Å². The van der Waals surface area contributed by atoms with Gasteiger partial charge in [0.25, 0.3) is 5.19 Å². The van der Waals surface area contributed by atoms with E-state index in [1.54, 1.807) is 24.9 Å². The molecule has 2 aromatic carbocycles. The van der Waals surface area contributed by atoms with Gasteiger partial charge < -0.3 is 23.9 Å². The zero-order chi connectivity index (χ0) is 25.5. The number of rotatable bonds is 8. The smallest absolute Gasteiger partial charge is 0.294 e. The fourth-order valence-corrected chi connectivity index (χ4v) is 5.71. The third kappa shape index (κ3) is 4.63. The van der Waals surface area contributed by atoms with Gasteiger partial charge in [0.05, 0.1) is 31.5 Å². The molecule has 4 aromatic heterocycles. The summed E-state index contributed by atoms with van der Waals surface area (Å²) in [6.07, 6.45) is 1.73. The minimum Gasteiger partial charge on any atom is -0.496 e. The molecule has 37 heavy (non-hydrogen) atoms. The van der Waals surface area contributed by atoms with Crippen molar-refractivity contribution in [1.29, 1.82) is 0 Å². The van der Waals surface area contributed by atoms with Crippen molar-refractivity contribution >= 4 is 65.4 Å². The Kier molecular flexibility index (Phi) is 6.22. The lowest BCUT2D eigenvalue weighted by Gasteiger charge is -2.08. The summed E-state index contributed by atoms with van der Waals surface area (Å²) in [7, 11) is 3.19. The van der Waals surface area contributed by atoms with Gasteiger partial charge in [-0.1, -0.05) is 15.9 Å². The molecule has 12 heteroatoms. The van der Waals surface area contributed by atoms with Crippen molar-refractivity contribution in [2.24, 2.45) is 0 Å². The molecule has 1 N–H and O–H groups in total. The number of imidazole rings is 1. The van der Waals surface area contributed by atoms with Crippen LogP contribution in [-0.4, -0.2) is 33.8 Å². The zero-order valence-corrected chi connectivity index (χ0v) is 23.2. The number of benzene rings is 2. The van der Waals surface area contributed by atoms with Crippen molar-refractivity contribution < 1.29 is 18.6 Å². The number of furan rings is 1. The summed E-state index contributed by atoms with van der Waals surface area (Å²) in [5, 5.41) is 11.9. The van der Waals surface area contributed by atoms with E-state index in [4.69, 9.17) is 18.6 Å². The first-order valence-corrected chi connectivity index (χ1v) is 13.6. The number of anilines is 2. The third-order valence-corrected chi connectivity index (χ3v) is 7.84. The highest BCUT2D eigenvalue weighted by molar-refractivity contribution is 9.10. The number of fused-ring (bicyclic) bond motifs is 2. The second-order valence-corrected chi connectivity index (χ2v) is 10.8. The van der Waals surface area contributed by atoms with Crippen LogP contribution < -0.4 is 19.5 Å². The van der Waals surface area contributed by atoms with Crippen LogP contribution in [0.2, 0.25) is 0 Å². The average Bonchev–Trinajstić information content (AvgIpc) is 3.67. The van der Waals surface area contributed by atoms with Crippen LogP contribution in [0.25, 0.3) is 27.4 Å². The number of thiazole rings is 1. The molecule has 6 aromatic rings. The summed E-state index contributed by atoms with van der Waals surface area (Å²) in [6, 6.07) is 11.7. The first kappa shape index (κ1) is 23.8. The maximum absolute atomic E-state index is 6.20. The molecular weight excluding hydrogens is 578 g/mol. The second-order valence-electron chi connectivity index (χ2n) is 8.07. The van der Waals surface area contributed by atoms with Gasteiger partial charge in [0.2, 0.25) is 4.96 Å². The lowest BCUT2D eigenvalue weighted by Crippen LogP contribution is -1.98. The summed E-state index contributed by atoms with van der Waals surface area (Å²) in [5.41, 5.74) is 4.30. The van der Waals surface area contributed by atoms with Gasteiger partial charge in [0, 0.05) is 27.7 Å². The summed E-state index contributed by atoms with van der Waals surface area (Å²) >= 11 is 6.38. The van der Waals surface area contributed by atoms with Crippen LogP contribution in [0, 0.1) is 6.92 Å². The molecular formula is C25H20BrN5O4S2. The van der Waals surface area contributed by atoms with Gasteiger partial charge in [-0.3, -0.25) is 0 Å². The van der Waals surface area contributed by atoms with Crippen molar-refractivity contribution in [2.45, 2.75) is 13.5 Å². The molecule has 0 spiro atoms. The number of aryl methyl sites for hydroxylation is 1. The summed E-state index contributed by atoms with van der Waals surface area (Å²) in [6.45, 7) is 2.35. The first-order valence-electron chi connectivity index (χ1n) is 11.1. The Bertz CT molecular complexity index is 1740. The van der Waals surface area contributed by atoms with Gasteiger partial charge in [-0.15, -0.1) is 16.4 Å². The van der Waals surface area contributed by atoms with Crippen LogP contribution >= 0.6 is 38.6 Å². The zero-order valence-electron chi connectivity index (χ0n) is 19.9. The van der Waals surface area contributed by atoms with E-state index in [9.17, 15) is 0 Å². The van der Waals surface area contributed by atoms with Gasteiger partial charge in [0.1, 0.15) is 29.4 Å². The molecule has 4 heterocycles. The number of halogens is 1. The molecule has 0 unspecified atom stereocenters. The van der Waals surface area contributed by atoms with Crippen LogP contribution in [0.1, 0.15) is 11.3 Å². The van der Waals surface area contributed by atoms with Crippen molar-refractivity contribution in [3.63, 3.8) is 0 Å². The molecule has 0 aliphatic heterocycles. The van der Waals surface area contributed by atoms with Gasteiger partial charge in [-0.2, -0.15) is 4.52 Å². The highest BCUT2D eigenvalue weighted by Gasteiger charge is 2.18. The van der Waals surface area contributed by atoms with E-state index >= 15 is 0 Å². The molecule has 0 aliphatic rings. The van der Waals surface area contributed by atoms with Crippen molar-refractivity contribution in [3.8, 4) is 28.1 Å². The van der Waals surface area contributed by atoms with Gasteiger partial charge in [0.15, 0.2) is 10.9 Å². The highest BCUT2D eigenvalue weighted by Crippen LogP contribution is 2.38. The topological polar surface area (TPSA) is 95.9 Å². The van der Waals surface area contributed by atoms with Crippen LogP contribution in [0.4, 0.5) is 10.8 Å². The molecule has 0 bridgehead atoms. The lowest BCUT2D eigenvalue weighted by molar-refractivity contribution is 0.303. The Hall–Kier alpha value is -3.61. The SMILES string of the molecule is COc1cc(OCc2csc(Nc3ccc(Br)cc3C)n2)c2cc(-c3cnc4sc(OC)nn34)oc2c1. The van der Waals surface area contributed by atoms with E-state index in [-0.39, 0.29) is 0 Å². The Labute approximate surface area is 227 Å². The Morgan fingerprint density at radius 1 is 1.14 bits per heavy atom. The van der Waals surface area contributed by atoms with Crippen LogP contribution in [0.15, 0.2) is 56.9 Å². The number of ether oxygens (including phenoxy) is 3. The molecule has 6 rings (SSSR count). The van der Waals surface area contributed by atoms with E-state index in [1.165, 1.54) is 22.7 Å². The normalized spacial score (nSPS) is 11.4. The first-order chi connectivity index (χ1) is 18.0. The second kappa shape index (κ2) is 9.69. The molecule has 0 saturated carbocycles. The maximum Gasteiger partial charge on any atom is 0.294 e. The summed E-state index contributed by atoms with van der Waals surface area (Å²) in [5.74, 6) is 1.87. The number of methoxy groups -OCH3 is 2. The monoisotopic (exact) mass is 597 g/mol. The largest absolute Gasteiger partial charge is 0.496 e. The van der Waals surface area contributed by atoms with Crippen molar-refractivity contribution in [3.05, 3.63) is 63.7 Å². The molecule has 0 atom stereocenters. The molecule has 188 valence electrons. The fourth-order valence-electron chi connectivity index (χ4n) is 3.84. The number of hydrogen-bond acceptors (Lipinski definition) is 10. The van der Waals surface area contributed by atoms with Crippen molar-refractivity contribution in [2.75, 3.05) is 19.5 Å². The van der Waals surface area contributed by atoms with Crippen LogP contribution in [0.3, 0.4) is 0 Å². The number of hydrogen-bond donors (Lipinski definition) is 1. The Morgan fingerprint density at radius 3 is 2.84 bits per heavy atom. The Balaban J connectivity index is 1.26. The van der Waals surface area contributed by atoms with Gasteiger partial charge in [-0.05, 0) is 48.1 Å². The molecule has 0 saturated heterocycles. The predicted molar refractivity (Wildman–Crippen MR) is 148 cm³/mol. The minimum absolute atomic E-state index is 0.292. The standard InChI is InChI=1S/C25H20BrN5O4S2/c1-13-6-14(26)4-5-18(13)29-23-28-15(12-36-23)11-34-20-7-16(32-2)8-21-17(20)9-22(35-21)19-10-27-24-31(19)30-25(33-3)37-24/h4-10,12H,11H2,1-3H3,(H,28,29).